The molecule has 0 atom stereocenters. The molecule has 2 aromatic carbocycles. The first-order valence-corrected chi connectivity index (χ1v) is 15.5. The Labute approximate surface area is 262 Å². The highest BCUT2D eigenvalue weighted by atomic mass is 16.6. The number of hydrogen-bond acceptors (Lipinski definition) is 8. The molecular formula is C36H50O8. The first kappa shape index (κ1) is 36.7. The van der Waals surface area contributed by atoms with Gasteiger partial charge in [-0.05, 0) is 66.3 Å². The number of aliphatic hydroxyl groups excluding tert-OH is 2. The highest BCUT2D eigenvalue weighted by Gasteiger charge is 2.22. The number of benzene rings is 2. The largest absolute Gasteiger partial charge is 0.491 e. The second-order valence-electron chi connectivity index (χ2n) is 11.1. The fourth-order valence-electron chi connectivity index (χ4n) is 5.06. The Morgan fingerprint density at radius 3 is 2.02 bits per heavy atom. The van der Waals surface area contributed by atoms with Gasteiger partial charge in [-0.25, -0.2) is 4.79 Å². The molecule has 0 spiro atoms. The van der Waals surface area contributed by atoms with Crippen molar-refractivity contribution in [3.05, 3.63) is 72.3 Å². The van der Waals surface area contributed by atoms with Crippen LogP contribution in [0.2, 0.25) is 0 Å². The minimum Gasteiger partial charge on any atom is -0.491 e. The number of aldehydes is 1. The number of methoxy groups -OCH3 is 1. The molecule has 1 saturated carbocycles. The Morgan fingerprint density at radius 2 is 1.50 bits per heavy atom. The van der Waals surface area contributed by atoms with Crippen molar-refractivity contribution in [1.82, 2.24) is 0 Å². The van der Waals surface area contributed by atoms with E-state index in [9.17, 15) is 9.59 Å². The minimum absolute atomic E-state index is 0.0179. The van der Waals surface area contributed by atoms with Gasteiger partial charge in [0.2, 0.25) is 0 Å². The highest BCUT2D eigenvalue weighted by Crippen LogP contribution is 2.38. The van der Waals surface area contributed by atoms with E-state index in [-0.39, 0.29) is 31.0 Å². The van der Waals surface area contributed by atoms with Crippen LogP contribution in [0.1, 0.15) is 69.8 Å². The number of aliphatic hydroxyl groups is 2. The van der Waals surface area contributed by atoms with Crippen LogP contribution in [-0.2, 0) is 19.1 Å². The van der Waals surface area contributed by atoms with E-state index >= 15 is 0 Å². The van der Waals surface area contributed by atoms with E-state index in [2.05, 4.69) is 44.3 Å². The van der Waals surface area contributed by atoms with Crippen molar-refractivity contribution in [3.63, 3.8) is 0 Å². The van der Waals surface area contributed by atoms with Crippen LogP contribution in [0.4, 0.5) is 0 Å². The predicted octanol–water partition coefficient (Wildman–Crippen LogP) is 6.44. The summed E-state index contributed by atoms with van der Waals surface area (Å²) in [4.78, 5) is 21.1. The summed E-state index contributed by atoms with van der Waals surface area (Å²) in [6, 6.07) is 14.7. The second kappa shape index (κ2) is 21.3. The van der Waals surface area contributed by atoms with Crippen molar-refractivity contribution in [3.8, 4) is 22.6 Å². The number of unbranched alkanes of at least 4 members (excludes halogenated alkanes) is 2. The molecule has 1 aliphatic rings. The zero-order valence-electron chi connectivity index (χ0n) is 26.4. The van der Waals surface area contributed by atoms with E-state index in [1.54, 1.807) is 7.11 Å². The molecule has 1 aliphatic carbocycles. The van der Waals surface area contributed by atoms with Crippen molar-refractivity contribution in [2.45, 2.75) is 64.2 Å². The maximum Gasteiger partial charge on any atom is 0.335 e. The molecule has 44 heavy (non-hydrogen) atoms. The summed E-state index contributed by atoms with van der Waals surface area (Å²) in [5, 5.41) is 17.0. The standard InChI is InChI=1S/C32H44O6.C4H6O2/c1-4-5-6-7-25-8-10-26(11-9-25)27-12-14-28(15-13-27)29-20-30(36-17-16-35-3)22-31(21-29)37-18-19-38-32(34)24(2)23-33;1-4(2-5)3-6/h12-15,20-22,25-26,33H,2,4-11,16-19,23H2,1,3H3;2,6H,1,3H2. The minimum atomic E-state index is -0.626. The smallest absolute Gasteiger partial charge is 0.335 e. The highest BCUT2D eigenvalue weighted by molar-refractivity contribution is 5.87. The van der Waals surface area contributed by atoms with Crippen molar-refractivity contribution < 1.29 is 38.7 Å². The molecule has 0 aliphatic heterocycles. The molecule has 8 heteroatoms. The fraction of sp³-hybridized carbons (Fsp3) is 0.500. The van der Waals surface area contributed by atoms with Gasteiger partial charge in [0.15, 0.2) is 0 Å². The molecular weight excluding hydrogens is 560 g/mol. The molecule has 0 saturated heterocycles. The molecule has 2 N–H and O–H groups in total. The summed E-state index contributed by atoms with van der Waals surface area (Å²) in [6.07, 6.45) is 11.2. The Morgan fingerprint density at radius 1 is 0.864 bits per heavy atom. The van der Waals surface area contributed by atoms with Gasteiger partial charge in [-0.15, -0.1) is 0 Å². The summed E-state index contributed by atoms with van der Waals surface area (Å²) in [5.41, 5.74) is 3.75. The third-order valence-electron chi connectivity index (χ3n) is 7.65. The molecule has 8 nitrogen and oxygen atoms in total. The lowest BCUT2D eigenvalue weighted by Gasteiger charge is -2.29. The number of hydrogen-bond donors (Lipinski definition) is 2. The average Bonchev–Trinajstić information content (AvgIpc) is 3.06. The first-order chi connectivity index (χ1) is 21.3. The summed E-state index contributed by atoms with van der Waals surface area (Å²) >= 11 is 0. The Hall–Kier alpha value is -3.46. The normalized spacial score (nSPS) is 15.8. The molecule has 1 fully saturated rings. The number of ether oxygens (including phenoxy) is 4. The molecule has 2 aromatic rings. The molecule has 0 radical (unpaired) electrons. The molecule has 3 rings (SSSR count). The van der Waals surface area contributed by atoms with Crippen molar-refractivity contribution in [1.29, 1.82) is 0 Å². The Bertz CT molecular complexity index is 1150. The molecule has 0 aromatic heterocycles. The first-order valence-electron chi connectivity index (χ1n) is 15.5. The second-order valence-corrected chi connectivity index (χ2v) is 11.1. The van der Waals surface area contributed by atoms with Crippen LogP contribution in [0, 0.1) is 5.92 Å². The van der Waals surface area contributed by atoms with Crippen LogP contribution in [0.15, 0.2) is 66.8 Å². The van der Waals surface area contributed by atoms with E-state index in [0.29, 0.717) is 36.9 Å². The molecule has 242 valence electrons. The zero-order chi connectivity index (χ0) is 32.2. The van der Waals surface area contributed by atoms with Crippen LogP contribution in [0.5, 0.6) is 11.5 Å². The summed E-state index contributed by atoms with van der Waals surface area (Å²) < 4.78 is 21.9. The van der Waals surface area contributed by atoms with Crippen molar-refractivity contribution in [2.75, 3.05) is 46.8 Å². The maximum atomic E-state index is 11.7. The van der Waals surface area contributed by atoms with Gasteiger partial charge in [0.25, 0.3) is 0 Å². The van der Waals surface area contributed by atoms with Gasteiger partial charge in [0.05, 0.1) is 25.4 Å². The fourth-order valence-corrected chi connectivity index (χ4v) is 5.06. The molecule has 0 amide bonds. The monoisotopic (exact) mass is 610 g/mol. The number of carbonyl (C=O) groups is 2. The lowest BCUT2D eigenvalue weighted by Crippen LogP contribution is -2.15. The Kier molecular flexibility index (Phi) is 17.8. The summed E-state index contributed by atoms with van der Waals surface area (Å²) in [7, 11) is 1.64. The summed E-state index contributed by atoms with van der Waals surface area (Å²) in [6.45, 7) is 9.39. The van der Waals surface area contributed by atoms with Crippen LogP contribution in [0.25, 0.3) is 11.1 Å². The van der Waals surface area contributed by atoms with Gasteiger partial charge in [-0.2, -0.15) is 0 Å². The van der Waals surface area contributed by atoms with Gasteiger partial charge in [0, 0.05) is 18.7 Å². The third-order valence-corrected chi connectivity index (χ3v) is 7.65. The predicted molar refractivity (Wildman–Crippen MR) is 173 cm³/mol. The number of rotatable bonds is 18. The van der Waals surface area contributed by atoms with E-state index in [0.717, 1.165) is 17.0 Å². The quantitative estimate of drug-likeness (QED) is 0.0859. The van der Waals surface area contributed by atoms with Gasteiger partial charge in [-0.3, -0.25) is 4.79 Å². The molecule has 0 bridgehead atoms. The maximum absolute atomic E-state index is 11.7. The Balaban J connectivity index is 0.00000102. The van der Waals surface area contributed by atoms with E-state index in [4.69, 9.17) is 29.2 Å². The SMILES string of the molecule is C=C(C=O)CO.C=C(CO)C(=O)OCCOc1cc(OCCOC)cc(-c2ccc(C3CCC(CCCCC)CC3)cc2)c1. The van der Waals surface area contributed by atoms with E-state index < -0.39 is 12.6 Å². The van der Waals surface area contributed by atoms with Crippen molar-refractivity contribution in [2.24, 2.45) is 5.92 Å². The lowest BCUT2D eigenvalue weighted by atomic mass is 9.77. The van der Waals surface area contributed by atoms with Crippen LogP contribution >= 0.6 is 0 Å². The molecule has 0 unspecified atom stereocenters. The molecule has 0 heterocycles. The summed E-state index contributed by atoms with van der Waals surface area (Å²) in [5.74, 6) is 2.24. The zero-order valence-corrected chi connectivity index (χ0v) is 26.4. The van der Waals surface area contributed by atoms with Gasteiger partial charge >= 0.3 is 5.97 Å². The van der Waals surface area contributed by atoms with E-state index in [1.807, 2.05) is 18.2 Å². The van der Waals surface area contributed by atoms with E-state index in [1.165, 1.54) is 56.9 Å². The van der Waals surface area contributed by atoms with Gasteiger partial charge < -0.3 is 29.2 Å². The lowest BCUT2D eigenvalue weighted by molar-refractivity contribution is -0.140. The van der Waals surface area contributed by atoms with Crippen LogP contribution < -0.4 is 9.47 Å². The topological polar surface area (TPSA) is 112 Å². The average molecular weight is 611 g/mol. The van der Waals surface area contributed by atoms with Crippen molar-refractivity contribution >= 4 is 12.3 Å². The van der Waals surface area contributed by atoms with Gasteiger partial charge in [0.1, 0.15) is 37.6 Å². The van der Waals surface area contributed by atoms with Crippen LogP contribution in [-0.4, -0.2) is 69.2 Å². The number of carbonyl (C=O) groups excluding carboxylic acids is 2. The van der Waals surface area contributed by atoms with Gasteiger partial charge in [-0.1, -0.05) is 70.0 Å². The third kappa shape index (κ3) is 13.5. The number of esters is 1. The van der Waals surface area contributed by atoms with Crippen LogP contribution in [0.3, 0.4) is 0 Å².